The SMILES string of the molecule is Brc1ccc(/C=C2\SC=C(c3ccc(Br)cc3)S2)cc1. The lowest BCUT2D eigenvalue weighted by atomic mass is 10.2. The number of thioether (sulfide) groups is 2. The Balaban J connectivity index is 1.75. The first-order chi connectivity index (χ1) is 9.70. The molecule has 2 aromatic rings. The number of benzene rings is 2. The lowest BCUT2D eigenvalue weighted by Gasteiger charge is -2.02. The molecule has 0 nitrogen and oxygen atoms in total. The molecule has 0 bridgehead atoms. The Bertz CT molecular complexity index is 671. The van der Waals surface area contributed by atoms with E-state index in [2.05, 4.69) is 91.9 Å². The van der Waals surface area contributed by atoms with Gasteiger partial charge in [-0.3, -0.25) is 0 Å². The fraction of sp³-hybridized carbons (Fsp3) is 0. The summed E-state index contributed by atoms with van der Waals surface area (Å²) < 4.78 is 3.54. The number of rotatable bonds is 2. The van der Waals surface area contributed by atoms with E-state index in [0.29, 0.717) is 0 Å². The molecule has 1 heterocycles. The first-order valence-electron chi connectivity index (χ1n) is 5.98. The van der Waals surface area contributed by atoms with Crippen molar-refractivity contribution in [3.8, 4) is 0 Å². The lowest BCUT2D eigenvalue weighted by Crippen LogP contribution is -1.76. The molecule has 0 aliphatic carbocycles. The molecule has 3 rings (SSSR count). The molecule has 0 radical (unpaired) electrons. The third kappa shape index (κ3) is 3.61. The predicted octanol–water partition coefficient (Wildman–Crippen LogP) is 6.99. The molecule has 0 saturated heterocycles. The van der Waals surface area contributed by atoms with Crippen LogP contribution in [0.15, 0.2) is 67.1 Å². The molecule has 0 saturated carbocycles. The zero-order valence-corrected chi connectivity index (χ0v) is 15.2. The second-order valence-electron chi connectivity index (χ2n) is 4.22. The largest absolute Gasteiger partial charge is 0.0895 e. The van der Waals surface area contributed by atoms with Crippen LogP contribution in [0.2, 0.25) is 0 Å². The van der Waals surface area contributed by atoms with E-state index in [4.69, 9.17) is 0 Å². The minimum absolute atomic E-state index is 1.11. The summed E-state index contributed by atoms with van der Waals surface area (Å²) in [5.74, 6) is 0. The molecule has 0 spiro atoms. The maximum absolute atomic E-state index is 3.47. The van der Waals surface area contributed by atoms with Crippen molar-refractivity contribution in [3.05, 3.63) is 78.2 Å². The van der Waals surface area contributed by atoms with Gasteiger partial charge in [-0.15, -0.1) is 0 Å². The van der Waals surface area contributed by atoms with Crippen LogP contribution in [0.1, 0.15) is 11.1 Å². The van der Waals surface area contributed by atoms with Crippen LogP contribution >= 0.6 is 55.4 Å². The average molecular weight is 426 g/mol. The summed E-state index contributed by atoms with van der Waals surface area (Å²) in [7, 11) is 0. The van der Waals surface area contributed by atoms with Crippen molar-refractivity contribution in [3.63, 3.8) is 0 Å². The molecule has 4 heteroatoms. The topological polar surface area (TPSA) is 0 Å². The van der Waals surface area contributed by atoms with E-state index in [1.807, 2.05) is 11.8 Å². The van der Waals surface area contributed by atoms with E-state index in [9.17, 15) is 0 Å². The first kappa shape index (κ1) is 14.5. The van der Waals surface area contributed by atoms with Gasteiger partial charge in [0, 0.05) is 18.1 Å². The molecule has 20 heavy (non-hydrogen) atoms. The Hall–Kier alpha value is -0.420. The van der Waals surface area contributed by atoms with Crippen LogP contribution in [-0.2, 0) is 0 Å². The van der Waals surface area contributed by atoms with Gasteiger partial charge in [-0.1, -0.05) is 79.6 Å². The van der Waals surface area contributed by atoms with E-state index < -0.39 is 0 Å². The number of halogens is 2. The zero-order valence-electron chi connectivity index (χ0n) is 10.3. The van der Waals surface area contributed by atoms with E-state index in [-0.39, 0.29) is 0 Å². The molecule has 2 aromatic carbocycles. The van der Waals surface area contributed by atoms with E-state index in [0.717, 1.165) is 8.95 Å². The van der Waals surface area contributed by atoms with Crippen molar-refractivity contribution in [1.29, 1.82) is 0 Å². The summed E-state index contributed by atoms with van der Waals surface area (Å²) in [6.07, 6.45) is 2.23. The maximum atomic E-state index is 3.47. The molecule has 0 fully saturated rings. The van der Waals surface area contributed by atoms with Crippen molar-refractivity contribution < 1.29 is 0 Å². The smallest absolute Gasteiger partial charge is 0.0499 e. The molecule has 0 atom stereocenters. The normalized spacial score (nSPS) is 16.5. The molecule has 1 aliphatic heterocycles. The summed E-state index contributed by atoms with van der Waals surface area (Å²) in [5, 5.41) is 2.22. The summed E-state index contributed by atoms with van der Waals surface area (Å²) in [4.78, 5) is 1.31. The van der Waals surface area contributed by atoms with Crippen LogP contribution in [0.25, 0.3) is 11.0 Å². The Morgan fingerprint density at radius 1 is 0.800 bits per heavy atom. The lowest BCUT2D eigenvalue weighted by molar-refractivity contribution is 1.61. The highest BCUT2D eigenvalue weighted by Crippen LogP contribution is 2.49. The van der Waals surface area contributed by atoms with Crippen molar-refractivity contribution in [2.24, 2.45) is 0 Å². The Labute approximate surface area is 144 Å². The van der Waals surface area contributed by atoms with Gasteiger partial charge < -0.3 is 0 Å². The maximum Gasteiger partial charge on any atom is 0.0499 e. The van der Waals surface area contributed by atoms with Crippen molar-refractivity contribution in [1.82, 2.24) is 0 Å². The van der Waals surface area contributed by atoms with Crippen LogP contribution in [0.3, 0.4) is 0 Å². The molecule has 0 aromatic heterocycles. The molecule has 1 aliphatic rings. The second kappa shape index (κ2) is 6.56. The third-order valence-electron chi connectivity index (χ3n) is 2.78. The minimum Gasteiger partial charge on any atom is -0.0895 e. The van der Waals surface area contributed by atoms with E-state index in [1.54, 1.807) is 11.8 Å². The summed E-state index contributed by atoms with van der Waals surface area (Å²) in [6, 6.07) is 16.8. The monoisotopic (exact) mass is 424 g/mol. The van der Waals surface area contributed by atoms with Gasteiger partial charge in [0.25, 0.3) is 0 Å². The Morgan fingerprint density at radius 2 is 1.40 bits per heavy atom. The fourth-order valence-electron chi connectivity index (χ4n) is 1.77. The Morgan fingerprint density at radius 3 is 2.05 bits per heavy atom. The summed E-state index contributed by atoms with van der Waals surface area (Å²) in [6.45, 7) is 0. The molecule has 0 amide bonds. The summed E-state index contributed by atoms with van der Waals surface area (Å²) >= 11 is 10.5. The third-order valence-corrected chi connectivity index (χ3v) is 6.12. The fourth-order valence-corrected chi connectivity index (χ4v) is 4.47. The van der Waals surface area contributed by atoms with Gasteiger partial charge in [-0.2, -0.15) is 0 Å². The zero-order chi connectivity index (χ0) is 13.9. The van der Waals surface area contributed by atoms with Crippen LogP contribution in [0.4, 0.5) is 0 Å². The van der Waals surface area contributed by atoms with Gasteiger partial charge in [-0.25, -0.2) is 0 Å². The van der Waals surface area contributed by atoms with E-state index in [1.165, 1.54) is 20.3 Å². The molecule has 100 valence electrons. The minimum atomic E-state index is 1.11. The van der Waals surface area contributed by atoms with Crippen molar-refractivity contribution in [2.45, 2.75) is 0 Å². The molecule has 0 N–H and O–H groups in total. The summed E-state index contributed by atoms with van der Waals surface area (Å²) in [5.41, 5.74) is 2.50. The van der Waals surface area contributed by atoms with Crippen LogP contribution in [-0.4, -0.2) is 0 Å². The van der Waals surface area contributed by atoms with E-state index >= 15 is 0 Å². The Kier molecular flexibility index (Phi) is 4.76. The van der Waals surface area contributed by atoms with Gasteiger partial charge >= 0.3 is 0 Å². The van der Waals surface area contributed by atoms with Gasteiger partial charge in [0.05, 0.1) is 0 Å². The van der Waals surface area contributed by atoms with Crippen LogP contribution < -0.4 is 0 Å². The van der Waals surface area contributed by atoms with Gasteiger partial charge in [0.2, 0.25) is 0 Å². The van der Waals surface area contributed by atoms with Gasteiger partial charge in [0.1, 0.15) is 0 Å². The van der Waals surface area contributed by atoms with Crippen molar-refractivity contribution >= 4 is 66.4 Å². The second-order valence-corrected chi connectivity index (χ2v) is 8.31. The molecular formula is C16H10Br2S2. The van der Waals surface area contributed by atoms with Gasteiger partial charge in [0.15, 0.2) is 0 Å². The number of hydrogen-bond acceptors (Lipinski definition) is 2. The van der Waals surface area contributed by atoms with Crippen molar-refractivity contribution in [2.75, 3.05) is 0 Å². The highest BCUT2D eigenvalue weighted by atomic mass is 79.9. The standard InChI is InChI=1S/C16H10Br2S2/c17-13-5-1-11(2-6-13)9-16-19-10-15(20-16)12-3-7-14(18)8-4-12/h1-10H/b16-9+. The number of hydrogen-bond donors (Lipinski definition) is 0. The average Bonchev–Trinajstić information content (AvgIpc) is 2.91. The van der Waals surface area contributed by atoms with Gasteiger partial charge in [-0.05, 0) is 46.9 Å². The molecular weight excluding hydrogens is 416 g/mol. The molecule has 0 unspecified atom stereocenters. The quantitative estimate of drug-likeness (QED) is 0.508. The predicted molar refractivity (Wildman–Crippen MR) is 99.4 cm³/mol. The van der Waals surface area contributed by atoms with Crippen LogP contribution in [0.5, 0.6) is 0 Å². The highest BCUT2D eigenvalue weighted by Gasteiger charge is 2.13. The first-order valence-corrected chi connectivity index (χ1v) is 9.27. The highest BCUT2D eigenvalue weighted by molar-refractivity contribution is 9.10. The van der Waals surface area contributed by atoms with Crippen LogP contribution in [0, 0.1) is 0 Å².